The summed E-state index contributed by atoms with van der Waals surface area (Å²) >= 11 is 0. The highest BCUT2D eigenvalue weighted by atomic mass is 19.4. The van der Waals surface area contributed by atoms with Gasteiger partial charge in [-0.1, -0.05) is 0 Å². The molecule has 1 heterocycles. The fourth-order valence-electron chi connectivity index (χ4n) is 1.55. The molecule has 0 unspecified atom stereocenters. The first kappa shape index (κ1) is 15.0. The molecule has 19 heavy (non-hydrogen) atoms. The Balaban J connectivity index is 2.72. The van der Waals surface area contributed by atoms with E-state index in [0.29, 0.717) is 0 Å². The summed E-state index contributed by atoms with van der Waals surface area (Å²) in [6, 6.07) is -1.23. The third kappa shape index (κ3) is 4.27. The third-order valence-corrected chi connectivity index (χ3v) is 2.38. The number of carboxylic acids is 1. The molecule has 6 nitrogen and oxygen atoms in total. The first-order chi connectivity index (χ1) is 8.71. The monoisotopic (exact) mass is 279 g/mol. The molecule has 0 saturated carbocycles. The van der Waals surface area contributed by atoms with Gasteiger partial charge in [-0.2, -0.15) is 18.3 Å². The lowest BCUT2D eigenvalue weighted by molar-refractivity contribution is -0.142. The fraction of sp³-hybridized carbons (Fsp3) is 0.500. The minimum absolute atomic E-state index is 0.135. The number of alkyl halides is 3. The zero-order valence-corrected chi connectivity index (χ0v) is 9.91. The summed E-state index contributed by atoms with van der Waals surface area (Å²) < 4.78 is 37.6. The van der Waals surface area contributed by atoms with Gasteiger partial charge in [0.25, 0.3) is 0 Å². The molecule has 1 aromatic heterocycles. The highest BCUT2D eigenvalue weighted by Gasteiger charge is 2.35. The second kappa shape index (κ2) is 5.72. The minimum atomic E-state index is -4.57. The lowest BCUT2D eigenvalue weighted by Gasteiger charge is -2.13. The van der Waals surface area contributed by atoms with Crippen molar-refractivity contribution in [3.8, 4) is 0 Å². The van der Waals surface area contributed by atoms with E-state index in [9.17, 15) is 22.8 Å². The number of hydrogen-bond donors (Lipinski definition) is 3. The van der Waals surface area contributed by atoms with Crippen LogP contribution in [0.25, 0.3) is 0 Å². The quantitative estimate of drug-likeness (QED) is 0.747. The molecule has 0 fully saturated rings. The summed E-state index contributed by atoms with van der Waals surface area (Å²) in [5.41, 5.74) is -1.14. The Kier molecular flexibility index (Phi) is 4.52. The number of carboxylic acid groups (broad SMARTS) is 1. The van der Waals surface area contributed by atoms with Crippen LogP contribution < -0.4 is 5.32 Å². The summed E-state index contributed by atoms with van der Waals surface area (Å²) in [6.07, 6.45) is -3.89. The van der Waals surface area contributed by atoms with E-state index in [-0.39, 0.29) is 18.4 Å². The van der Waals surface area contributed by atoms with Crippen molar-refractivity contribution in [2.75, 3.05) is 0 Å². The molecule has 0 spiro atoms. The second-order valence-corrected chi connectivity index (χ2v) is 3.90. The number of aryl methyl sites for hydroxylation is 1. The van der Waals surface area contributed by atoms with Gasteiger partial charge in [0, 0.05) is 12.5 Å². The molecule has 3 N–H and O–H groups in total. The van der Waals surface area contributed by atoms with Crippen LogP contribution in [0.15, 0.2) is 6.20 Å². The average Bonchev–Trinajstić information content (AvgIpc) is 2.70. The fourth-order valence-corrected chi connectivity index (χ4v) is 1.55. The summed E-state index contributed by atoms with van der Waals surface area (Å²) in [5, 5.41) is 16.1. The number of halogens is 3. The van der Waals surface area contributed by atoms with Crippen molar-refractivity contribution < 1.29 is 27.9 Å². The molecule has 1 rings (SSSR count). The van der Waals surface area contributed by atoms with Crippen molar-refractivity contribution in [3.05, 3.63) is 17.5 Å². The normalized spacial score (nSPS) is 13.1. The molecular weight excluding hydrogens is 267 g/mol. The summed E-state index contributed by atoms with van der Waals surface area (Å²) in [7, 11) is 0. The number of carbonyl (C=O) groups is 2. The smallest absolute Gasteiger partial charge is 0.433 e. The Hall–Kier alpha value is -2.06. The molecule has 0 aliphatic carbocycles. The van der Waals surface area contributed by atoms with E-state index in [0.717, 1.165) is 13.1 Å². The maximum Gasteiger partial charge on any atom is 0.433 e. The number of nitrogens with one attached hydrogen (secondary N) is 2. The van der Waals surface area contributed by atoms with Gasteiger partial charge in [0.1, 0.15) is 11.7 Å². The van der Waals surface area contributed by atoms with Crippen molar-refractivity contribution >= 4 is 11.9 Å². The first-order valence-corrected chi connectivity index (χ1v) is 5.31. The largest absolute Gasteiger partial charge is 0.480 e. The number of amides is 1. The number of H-pyrrole nitrogens is 1. The molecule has 1 amide bonds. The number of aromatic nitrogens is 2. The van der Waals surface area contributed by atoms with Gasteiger partial charge >= 0.3 is 12.1 Å². The van der Waals surface area contributed by atoms with Gasteiger partial charge in [0.15, 0.2) is 0 Å². The van der Waals surface area contributed by atoms with Crippen LogP contribution in [0, 0.1) is 0 Å². The third-order valence-electron chi connectivity index (χ3n) is 2.38. The molecule has 106 valence electrons. The Morgan fingerprint density at radius 1 is 1.53 bits per heavy atom. The van der Waals surface area contributed by atoms with Gasteiger partial charge in [-0.05, 0) is 12.8 Å². The number of aromatic amines is 1. The Labute approximate surface area is 106 Å². The number of aliphatic carboxylic acids is 1. The summed E-state index contributed by atoms with van der Waals surface area (Å²) in [6.45, 7) is 1.13. The van der Waals surface area contributed by atoms with E-state index in [1.807, 2.05) is 5.10 Å². The van der Waals surface area contributed by atoms with Crippen LogP contribution in [0.4, 0.5) is 13.2 Å². The number of nitrogens with zero attached hydrogens (tertiary/aromatic N) is 1. The molecule has 0 radical (unpaired) electrons. The van der Waals surface area contributed by atoms with Gasteiger partial charge < -0.3 is 10.4 Å². The highest BCUT2D eigenvalue weighted by Crippen LogP contribution is 2.30. The number of hydrogen-bond acceptors (Lipinski definition) is 3. The van der Waals surface area contributed by atoms with Gasteiger partial charge in [-0.3, -0.25) is 9.89 Å². The van der Waals surface area contributed by atoms with E-state index in [4.69, 9.17) is 5.11 Å². The van der Waals surface area contributed by atoms with Gasteiger partial charge in [-0.25, -0.2) is 4.79 Å². The topological polar surface area (TPSA) is 95.1 Å². The van der Waals surface area contributed by atoms with E-state index in [1.54, 1.807) is 0 Å². The van der Waals surface area contributed by atoms with Gasteiger partial charge in [0.2, 0.25) is 5.91 Å². The van der Waals surface area contributed by atoms with Crippen LogP contribution in [-0.4, -0.2) is 33.2 Å². The molecule has 0 bridgehead atoms. The molecule has 0 aliphatic rings. The molecule has 1 atom stereocenters. The van der Waals surface area contributed by atoms with Crippen molar-refractivity contribution in [1.29, 1.82) is 0 Å². The van der Waals surface area contributed by atoms with Crippen LogP contribution in [0.5, 0.6) is 0 Å². The maximum atomic E-state index is 12.5. The molecule has 1 aromatic rings. The van der Waals surface area contributed by atoms with E-state index < -0.39 is 29.8 Å². The molecular formula is C10H12F3N3O3. The molecule has 0 aliphatic heterocycles. The standard InChI is InChI=1S/C10H12F3N3O3/c1-5(17)15-7(9(18)19)3-2-6-4-14-16-8(6)10(11,12)13/h4,7H,2-3H2,1H3,(H,14,16)(H,15,17)(H,18,19)/t7-/m1/s1. The SMILES string of the molecule is CC(=O)N[C@H](CCc1cn[nH]c1C(F)(F)F)C(=O)O. The zero-order valence-electron chi connectivity index (χ0n) is 9.91. The molecule has 0 aromatic carbocycles. The maximum absolute atomic E-state index is 12.5. The Morgan fingerprint density at radius 3 is 2.63 bits per heavy atom. The Morgan fingerprint density at radius 2 is 2.16 bits per heavy atom. The van der Waals surface area contributed by atoms with Crippen LogP contribution in [0.2, 0.25) is 0 Å². The van der Waals surface area contributed by atoms with E-state index >= 15 is 0 Å². The van der Waals surface area contributed by atoms with Crippen molar-refractivity contribution in [1.82, 2.24) is 15.5 Å². The first-order valence-electron chi connectivity index (χ1n) is 5.31. The van der Waals surface area contributed by atoms with Crippen molar-refractivity contribution in [2.45, 2.75) is 32.0 Å². The zero-order chi connectivity index (χ0) is 14.6. The summed E-state index contributed by atoms with van der Waals surface area (Å²) in [5.74, 6) is -1.86. The molecule has 0 saturated heterocycles. The molecule has 9 heteroatoms. The number of rotatable bonds is 5. The van der Waals surface area contributed by atoms with Crippen LogP contribution in [0.3, 0.4) is 0 Å². The predicted octanol–water partition coefficient (Wildman–Crippen LogP) is 0.950. The number of carbonyl (C=O) groups excluding carboxylic acids is 1. The van der Waals surface area contributed by atoms with E-state index in [2.05, 4.69) is 10.4 Å². The summed E-state index contributed by atoms with van der Waals surface area (Å²) in [4.78, 5) is 21.6. The van der Waals surface area contributed by atoms with E-state index in [1.165, 1.54) is 0 Å². The highest BCUT2D eigenvalue weighted by molar-refractivity contribution is 5.82. The lowest BCUT2D eigenvalue weighted by Crippen LogP contribution is -2.39. The minimum Gasteiger partial charge on any atom is -0.480 e. The van der Waals surface area contributed by atoms with Gasteiger partial charge in [0.05, 0.1) is 6.20 Å². The Bertz CT molecular complexity index is 470. The van der Waals surface area contributed by atoms with Crippen LogP contribution >= 0.6 is 0 Å². The van der Waals surface area contributed by atoms with Crippen molar-refractivity contribution in [2.24, 2.45) is 0 Å². The van der Waals surface area contributed by atoms with Crippen molar-refractivity contribution in [3.63, 3.8) is 0 Å². The predicted molar refractivity (Wildman–Crippen MR) is 57.2 cm³/mol. The van der Waals surface area contributed by atoms with Gasteiger partial charge in [-0.15, -0.1) is 0 Å². The van der Waals surface area contributed by atoms with Crippen LogP contribution in [-0.2, 0) is 22.2 Å². The average molecular weight is 279 g/mol. The second-order valence-electron chi connectivity index (χ2n) is 3.90. The lowest BCUT2D eigenvalue weighted by atomic mass is 10.1. The van der Waals surface area contributed by atoms with Crippen LogP contribution in [0.1, 0.15) is 24.6 Å².